The van der Waals surface area contributed by atoms with Gasteiger partial charge in [0.15, 0.2) is 0 Å². The first-order valence-corrected chi connectivity index (χ1v) is 8.05. The van der Waals surface area contributed by atoms with E-state index in [1.54, 1.807) is 0 Å². The first-order valence-electron chi connectivity index (χ1n) is 8.05. The van der Waals surface area contributed by atoms with Gasteiger partial charge in [-0.2, -0.15) is 0 Å². The zero-order valence-electron chi connectivity index (χ0n) is 13.5. The summed E-state index contributed by atoms with van der Waals surface area (Å²) < 4.78 is 0. The average Bonchev–Trinajstić information content (AvgIpc) is 2.87. The van der Waals surface area contributed by atoms with Gasteiger partial charge in [-0.1, -0.05) is 52.0 Å². The lowest BCUT2D eigenvalue weighted by atomic mass is 9.95. The van der Waals surface area contributed by atoms with Crippen molar-refractivity contribution in [2.75, 3.05) is 19.6 Å². The van der Waals surface area contributed by atoms with Crippen LogP contribution in [0.2, 0.25) is 0 Å². The van der Waals surface area contributed by atoms with Gasteiger partial charge in [0, 0.05) is 19.1 Å². The number of likely N-dealkylation sites (tertiary alicyclic amines) is 1. The summed E-state index contributed by atoms with van der Waals surface area (Å²) in [6, 6.07) is 9.00. The third-order valence-electron chi connectivity index (χ3n) is 4.74. The number of rotatable bonds is 5. The molecule has 112 valence electrons. The molecule has 0 bridgehead atoms. The van der Waals surface area contributed by atoms with Crippen LogP contribution in [0.3, 0.4) is 0 Å². The van der Waals surface area contributed by atoms with Crippen LogP contribution in [0.15, 0.2) is 24.3 Å². The highest BCUT2D eigenvalue weighted by Gasteiger charge is 2.25. The predicted octanol–water partition coefficient (Wildman–Crippen LogP) is 3.79. The van der Waals surface area contributed by atoms with Crippen molar-refractivity contribution >= 4 is 0 Å². The van der Waals surface area contributed by atoms with E-state index in [1.807, 2.05) is 0 Å². The minimum absolute atomic E-state index is 0.141. The molecule has 2 heteroatoms. The molecule has 1 saturated heterocycles. The number of nitrogens with zero attached hydrogens (tertiary/aromatic N) is 1. The van der Waals surface area contributed by atoms with Crippen LogP contribution >= 0.6 is 0 Å². The molecule has 1 fully saturated rings. The zero-order chi connectivity index (χ0) is 14.7. The fourth-order valence-electron chi connectivity index (χ4n) is 3.08. The molecular weight excluding hydrogens is 244 g/mol. The average molecular weight is 274 g/mol. The van der Waals surface area contributed by atoms with Gasteiger partial charge in [-0.25, -0.2) is 0 Å². The molecule has 0 spiro atoms. The maximum atomic E-state index is 6.38. The van der Waals surface area contributed by atoms with Crippen LogP contribution in [-0.4, -0.2) is 24.5 Å². The van der Waals surface area contributed by atoms with Crippen molar-refractivity contribution in [1.82, 2.24) is 4.90 Å². The second kappa shape index (κ2) is 6.73. The molecule has 2 N–H and O–H groups in total. The second-order valence-electron chi connectivity index (χ2n) is 6.98. The fourth-order valence-corrected chi connectivity index (χ4v) is 3.08. The Morgan fingerprint density at radius 2 is 1.70 bits per heavy atom. The Bertz CT molecular complexity index is 408. The molecule has 1 aliphatic heterocycles. The number of hydrogen-bond acceptors (Lipinski definition) is 2. The van der Waals surface area contributed by atoms with E-state index in [2.05, 4.69) is 56.9 Å². The number of nitrogens with two attached hydrogens (primary N) is 1. The summed E-state index contributed by atoms with van der Waals surface area (Å²) in [6.45, 7) is 12.5. The van der Waals surface area contributed by atoms with Crippen molar-refractivity contribution in [2.45, 2.75) is 46.1 Å². The summed E-state index contributed by atoms with van der Waals surface area (Å²) in [7, 11) is 0. The summed E-state index contributed by atoms with van der Waals surface area (Å²) in [4.78, 5) is 2.53. The SMILES string of the molecule is CC(C)c1ccc(C(N)CN2CCC(C(C)C)C2)cc1. The van der Waals surface area contributed by atoms with Crippen molar-refractivity contribution < 1.29 is 0 Å². The van der Waals surface area contributed by atoms with E-state index in [9.17, 15) is 0 Å². The summed E-state index contributed by atoms with van der Waals surface area (Å²) >= 11 is 0. The molecule has 2 unspecified atom stereocenters. The van der Waals surface area contributed by atoms with Crippen LogP contribution in [0.5, 0.6) is 0 Å². The molecule has 1 heterocycles. The minimum Gasteiger partial charge on any atom is -0.323 e. The third kappa shape index (κ3) is 3.83. The van der Waals surface area contributed by atoms with Crippen LogP contribution in [0.25, 0.3) is 0 Å². The van der Waals surface area contributed by atoms with Gasteiger partial charge in [0.25, 0.3) is 0 Å². The van der Waals surface area contributed by atoms with Gasteiger partial charge in [-0.05, 0) is 41.8 Å². The highest BCUT2D eigenvalue weighted by Crippen LogP contribution is 2.25. The molecule has 0 saturated carbocycles. The van der Waals surface area contributed by atoms with Crippen molar-refractivity contribution in [3.05, 3.63) is 35.4 Å². The third-order valence-corrected chi connectivity index (χ3v) is 4.74. The summed E-state index contributed by atoms with van der Waals surface area (Å²) in [5.41, 5.74) is 9.04. The molecule has 2 nitrogen and oxygen atoms in total. The van der Waals surface area contributed by atoms with E-state index in [0.717, 1.165) is 18.4 Å². The molecule has 0 aromatic heterocycles. The van der Waals surface area contributed by atoms with Crippen LogP contribution in [0.1, 0.15) is 57.2 Å². The Morgan fingerprint density at radius 3 is 2.20 bits per heavy atom. The van der Waals surface area contributed by atoms with Gasteiger partial charge in [-0.3, -0.25) is 0 Å². The fraction of sp³-hybridized carbons (Fsp3) is 0.667. The molecule has 1 aromatic rings. The van der Waals surface area contributed by atoms with E-state index in [1.165, 1.54) is 30.6 Å². The standard InChI is InChI=1S/C18H30N2/c1-13(2)15-5-7-16(8-6-15)18(19)12-20-10-9-17(11-20)14(3)4/h5-8,13-14,17-18H,9-12,19H2,1-4H3. The first kappa shape index (κ1) is 15.5. The van der Waals surface area contributed by atoms with E-state index < -0.39 is 0 Å². The topological polar surface area (TPSA) is 29.3 Å². The molecule has 1 aromatic carbocycles. The van der Waals surface area contributed by atoms with Crippen molar-refractivity contribution in [2.24, 2.45) is 17.6 Å². The highest BCUT2D eigenvalue weighted by molar-refractivity contribution is 5.26. The van der Waals surface area contributed by atoms with Crippen LogP contribution in [0, 0.1) is 11.8 Å². The minimum atomic E-state index is 0.141. The molecule has 0 radical (unpaired) electrons. The Labute approximate surface area is 124 Å². The lowest BCUT2D eigenvalue weighted by Gasteiger charge is -2.22. The lowest BCUT2D eigenvalue weighted by molar-refractivity contribution is 0.287. The monoisotopic (exact) mass is 274 g/mol. The predicted molar refractivity (Wildman–Crippen MR) is 86.8 cm³/mol. The van der Waals surface area contributed by atoms with E-state index >= 15 is 0 Å². The van der Waals surface area contributed by atoms with Crippen LogP contribution < -0.4 is 5.73 Å². The smallest absolute Gasteiger partial charge is 0.0424 e. The van der Waals surface area contributed by atoms with Gasteiger partial charge in [-0.15, -0.1) is 0 Å². The zero-order valence-corrected chi connectivity index (χ0v) is 13.5. The number of benzene rings is 1. The molecule has 0 amide bonds. The van der Waals surface area contributed by atoms with Gasteiger partial charge >= 0.3 is 0 Å². The highest BCUT2D eigenvalue weighted by atomic mass is 15.2. The Balaban J connectivity index is 1.90. The Morgan fingerprint density at radius 1 is 1.10 bits per heavy atom. The summed E-state index contributed by atoms with van der Waals surface area (Å²) in [5, 5.41) is 0. The molecule has 2 rings (SSSR count). The summed E-state index contributed by atoms with van der Waals surface area (Å²) in [6.07, 6.45) is 1.33. The second-order valence-corrected chi connectivity index (χ2v) is 6.98. The van der Waals surface area contributed by atoms with Crippen molar-refractivity contribution in [1.29, 1.82) is 0 Å². The van der Waals surface area contributed by atoms with Gasteiger partial charge in [0.1, 0.15) is 0 Å². The maximum Gasteiger partial charge on any atom is 0.0424 e. The molecular formula is C18H30N2. The van der Waals surface area contributed by atoms with Gasteiger partial charge in [0.05, 0.1) is 0 Å². The largest absolute Gasteiger partial charge is 0.323 e. The van der Waals surface area contributed by atoms with Crippen molar-refractivity contribution in [3.63, 3.8) is 0 Å². The Kier molecular flexibility index (Phi) is 5.22. The molecule has 0 aliphatic carbocycles. The van der Waals surface area contributed by atoms with Gasteiger partial charge < -0.3 is 10.6 Å². The summed E-state index contributed by atoms with van der Waals surface area (Å²) in [5.74, 6) is 2.23. The normalized spacial score (nSPS) is 21.9. The first-order chi connectivity index (χ1) is 9.47. The van der Waals surface area contributed by atoms with E-state index in [-0.39, 0.29) is 6.04 Å². The van der Waals surface area contributed by atoms with Crippen molar-refractivity contribution in [3.8, 4) is 0 Å². The van der Waals surface area contributed by atoms with Crippen LogP contribution in [0.4, 0.5) is 0 Å². The molecule has 2 atom stereocenters. The quantitative estimate of drug-likeness (QED) is 0.885. The molecule has 20 heavy (non-hydrogen) atoms. The van der Waals surface area contributed by atoms with Gasteiger partial charge in [0.2, 0.25) is 0 Å². The van der Waals surface area contributed by atoms with E-state index in [4.69, 9.17) is 5.73 Å². The maximum absolute atomic E-state index is 6.38. The Hall–Kier alpha value is -0.860. The number of hydrogen-bond donors (Lipinski definition) is 1. The molecule has 1 aliphatic rings. The van der Waals surface area contributed by atoms with Crippen LogP contribution in [-0.2, 0) is 0 Å². The van der Waals surface area contributed by atoms with E-state index in [0.29, 0.717) is 5.92 Å². The lowest BCUT2D eigenvalue weighted by Crippen LogP contribution is -2.31.